The van der Waals surface area contributed by atoms with E-state index in [4.69, 9.17) is 5.11 Å². The van der Waals surface area contributed by atoms with E-state index in [0.717, 1.165) is 29.5 Å². The number of hydrogen-bond donors (Lipinski definition) is 1. The number of carboxylic acid groups (broad SMARTS) is 1. The summed E-state index contributed by atoms with van der Waals surface area (Å²) in [6.45, 7) is 4.19. The van der Waals surface area contributed by atoms with Crippen LogP contribution in [-0.2, 0) is 0 Å². The summed E-state index contributed by atoms with van der Waals surface area (Å²) in [6.07, 6.45) is 5.68. The number of carbonyl (C=O) groups excluding carboxylic acids is 1. The van der Waals surface area contributed by atoms with Crippen molar-refractivity contribution in [3.05, 3.63) is 59.7 Å². The fourth-order valence-electron chi connectivity index (χ4n) is 2.93. The van der Waals surface area contributed by atoms with Crippen molar-refractivity contribution in [3.8, 4) is 11.1 Å². The first kappa shape index (κ1) is 18.9. The van der Waals surface area contributed by atoms with Crippen molar-refractivity contribution in [2.24, 2.45) is 5.92 Å². The highest BCUT2D eigenvalue weighted by Crippen LogP contribution is 2.22. The van der Waals surface area contributed by atoms with Gasteiger partial charge in [-0.3, -0.25) is 4.79 Å². The Hall–Kier alpha value is -2.42. The fourth-order valence-corrected chi connectivity index (χ4v) is 2.93. The molecular formula is C22H26O3. The molecule has 0 amide bonds. The van der Waals surface area contributed by atoms with Gasteiger partial charge in [0.2, 0.25) is 0 Å². The van der Waals surface area contributed by atoms with E-state index in [1.54, 1.807) is 24.3 Å². The maximum absolute atomic E-state index is 12.5. The molecule has 1 atom stereocenters. The van der Waals surface area contributed by atoms with Gasteiger partial charge in [0.1, 0.15) is 0 Å². The lowest BCUT2D eigenvalue weighted by molar-refractivity contribution is 0.0696. The van der Waals surface area contributed by atoms with Crippen LogP contribution in [0.25, 0.3) is 11.1 Å². The van der Waals surface area contributed by atoms with Crippen LogP contribution in [0.15, 0.2) is 48.5 Å². The first-order valence-electron chi connectivity index (χ1n) is 9.01. The van der Waals surface area contributed by atoms with E-state index in [-0.39, 0.29) is 17.3 Å². The molecule has 132 valence electrons. The maximum Gasteiger partial charge on any atom is 0.335 e. The van der Waals surface area contributed by atoms with Crippen LogP contribution in [0.3, 0.4) is 0 Å². The van der Waals surface area contributed by atoms with Crippen molar-refractivity contribution in [1.29, 1.82) is 0 Å². The summed E-state index contributed by atoms with van der Waals surface area (Å²) >= 11 is 0. The highest BCUT2D eigenvalue weighted by atomic mass is 16.4. The third-order valence-electron chi connectivity index (χ3n) is 4.57. The second kappa shape index (κ2) is 9.16. The highest BCUT2D eigenvalue weighted by molar-refractivity contribution is 5.98. The highest BCUT2D eigenvalue weighted by Gasteiger charge is 2.15. The van der Waals surface area contributed by atoms with Crippen molar-refractivity contribution in [3.63, 3.8) is 0 Å². The molecule has 3 heteroatoms. The SMILES string of the molecule is CCCCCCC(C)C(=O)c1ccc(-c2ccc(C(=O)O)cc2)cc1. The number of rotatable bonds is 9. The van der Waals surface area contributed by atoms with Crippen LogP contribution < -0.4 is 0 Å². The number of benzene rings is 2. The minimum absolute atomic E-state index is 0.0533. The Morgan fingerprint density at radius 2 is 1.36 bits per heavy atom. The molecule has 3 nitrogen and oxygen atoms in total. The summed E-state index contributed by atoms with van der Waals surface area (Å²) in [5.74, 6) is -0.678. The Morgan fingerprint density at radius 1 is 0.840 bits per heavy atom. The average molecular weight is 338 g/mol. The molecule has 0 radical (unpaired) electrons. The van der Waals surface area contributed by atoms with Crippen LogP contribution in [-0.4, -0.2) is 16.9 Å². The van der Waals surface area contributed by atoms with Gasteiger partial charge < -0.3 is 5.11 Å². The van der Waals surface area contributed by atoms with Crippen LogP contribution in [0, 0.1) is 5.92 Å². The van der Waals surface area contributed by atoms with Gasteiger partial charge >= 0.3 is 5.97 Å². The predicted octanol–water partition coefficient (Wildman–Crippen LogP) is 5.84. The molecule has 0 saturated heterocycles. The molecule has 0 aliphatic rings. The van der Waals surface area contributed by atoms with Crippen LogP contribution in [0.4, 0.5) is 0 Å². The second-order valence-electron chi connectivity index (χ2n) is 6.57. The summed E-state index contributed by atoms with van der Waals surface area (Å²) < 4.78 is 0. The van der Waals surface area contributed by atoms with E-state index in [1.807, 2.05) is 31.2 Å². The monoisotopic (exact) mass is 338 g/mol. The molecule has 0 bridgehead atoms. The van der Waals surface area contributed by atoms with Crippen molar-refractivity contribution >= 4 is 11.8 Å². The standard InChI is InChI=1S/C22H26O3/c1-3-4-5-6-7-16(2)21(23)19-12-8-17(9-13-19)18-10-14-20(15-11-18)22(24)25/h8-16H,3-7H2,1-2H3,(H,24,25). The van der Waals surface area contributed by atoms with E-state index in [2.05, 4.69) is 6.92 Å². The van der Waals surface area contributed by atoms with Crippen LogP contribution in [0.1, 0.15) is 66.7 Å². The Balaban J connectivity index is 2.01. The molecule has 25 heavy (non-hydrogen) atoms. The minimum Gasteiger partial charge on any atom is -0.478 e. The van der Waals surface area contributed by atoms with Crippen LogP contribution in [0.2, 0.25) is 0 Å². The average Bonchev–Trinajstić information content (AvgIpc) is 2.64. The maximum atomic E-state index is 12.5. The zero-order valence-corrected chi connectivity index (χ0v) is 15.0. The smallest absolute Gasteiger partial charge is 0.335 e. The molecule has 2 rings (SSSR count). The molecule has 2 aromatic rings. The molecule has 0 fully saturated rings. The number of carboxylic acids is 1. The van der Waals surface area contributed by atoms with Crippen LogP contribution in [0.5, 0.6) is 0 Å². The van der Waals surface area contributed by atoms with Gasteiger partial charge in [-0.05, 0) is 29.7 Å². The molecule has 1 unspecified atom stereocenters. The van der Waals surface area contributed by atoms with Gasteiger partial charge in [-0.25, -0.2) is 4.79 Å². The molecule has 0 aromatic heterocycles. The second-order valence-corrected chi connectivity index (χ2v) is 6.57. The van der Waals surface area contributed by atoms with Crippen LogP contribution >= 0.6 is 0 Å². The molecule has 2 aromatic carbocycles. The first-order valence-corrected chi connectivity index (χ1v) is 9.01. The zero-order valence-electron chi connectivity index (χ0n) is 15.0. The van der Waals surface area contributed by atoms with E-state index in [0.29, 0.717) is 0 Å². The molecule has 0 spiro atoms. The van der Waals surface area contributed by atoms with Gasteiger partial charge in [-0.1, -0.05) is 75.9 Å². The van der Waals surface area contributed by atoms with Gasteiger partial charge in [0, 0.05) is 11.5 Å². The minimum atomic E-state index is -0.930. The van der Waals surface area contributed by atoms with E-state index in [9.17, 15) is 9.59 Å². The normalized spacial score (nSPS) is 11.9. The third kappa shape index (κ3) is 5.28. The number of ketones is 1. The molecule has 0 aliphatic carbocycles. The molecule has 0 heterocycles. The molecule has 1 N–H and O–H groups in total. The Kier molecular flexibility index (Phi) is 6.93. The summed E-state index contributed by atoms with van der Waals surface area (Å²) in [4.78, 5) is 23.4. The third-order valence-corrected chi connectivity index (χ3v) is 4.57. The lowest BCUT2D eigenvalue weighted by Gasteiger charge is -2.11. The topological polar surface area (TPSA) is 54.4 Å². The largest absolute Gasteiger partial charge is 0.478 e. The van der Waals surface area contributed by atoms with Gasteiger partial charge in [0.15, 0.2) is 5.78 Å². The van der Waals surface area contributed by atoms with Crippen molar-refractivity contribution in [2.75, 3.05) is 0 Å². The Bertz CT molecular complexity index is 699. The van der Waals surface area contributed by atoms with Gasteiger partial charge in [0.25, 0.3) is 0 Å². The Morgan fingerprint density at radius 3 is 1.84 bits per heavy atom. The van der Waals surface area contributed by atoms with Crippen molar-refractivity contribution in [2.45, 2.75) is 46.0 Å². The van der Waals surface area contributed by atoms with E-state index < -0.39 is 5.97 Å². The lowest BCUT2D eigenvalue weighted by Crippen LogP contribution is -2.11. The summed E-state index contributed by atoms with van der Waals surface area (Å²) in [7, 11) is 0. The Labute approximate surface area is 149 Å². The molecular weight excluding hydrogens is 312 g/mol. The molecule has 0 saturated carbocycles. The van der Waals surface area contributed by atoms with Gasteiger partial charge in [-0.2, -0.15) is 0 Å². The summed E-state index contributed by atoms with van der Waals surface area (Å²) in [6, 6.07) is 14.3. The molecule has 0 aliphatic heterocycles. The number of hydrogen-bond acceptors (Lipinski definition) is 2. The number of carbonyl (C=O) groups is 2. The summed E-state index contributed by atoms with van der Waals surface area (Å²) in [5.41, 5.74) is 2.93. The number of aromatic carboxylic acids is 1. The zero-order chi connectivity index (χ0) is 18.2. The van der Waals surface area contributed by atoms with E-state index in [1.165, 1.54) is 19.3 Å². The van der Waals surface area contributed by atoms with Crippen molar-refractivity contribution < 1.29 is 14.7 Å². The van der Waals surface area contributed by atoms with Crippen molar-refractivity contribution in [1.82, 2.24) is 0 Å². The number of Topliss-reactive ketones (excluding diaryl/α,β-unsaturated/α-hetero) is 1. The first-order chi connectivity index (χ1) is 12.0. The summed E-state index contributed by atoms with van der Waals surface area (Å²) in [5, 5.41) is 8.95. The quantitative estimate of drug-likeness (QED) is 0.461. The lowest BCUT2D eigenvalue weighted by atomic mass is 9.93. The predicted molar refractivity (Wildman–Crippen MR) is 101 cm³/mol. The van der Waals surface area contributed by atoms with E-state index >= 15 is 0 Å². The fraction of sp³-hybridized carbons (Fsp3) is 0.364. The van der Waals surface area contributed by atoms with Gasteiger partial charge in [-0.15, -0.1) is 0 Å². The number of unbranched alkanes of at least 4 members (excludes halogenated alkanes) is 3. The van der Waals surface area contributed by atoms with Gasteiger partial charge in [0.05, 0.1) is 5.56 Å².